The molecule has 33 heavy (non-hydrogen) atoms. The molecule has 1 amide bonds. The molecule has 5 rings (SSSR count). The first-order valence-electron chi connectivity index (χ1n) is 9.82. The van der Waals surface area contributed by atoms with Crippen molar-refractivity contribution in [1.82, 2.24) is 20.0 Å². The number of pyridine rings is 1. The molecule has 168 valence electrons. The van der Waals surface area contributed by atoms with Crippen LogP contribution in [0.5, 0.6) is 0 Å². The normalized spacial score (nSPS) is 15.5. The van der Waals surface area contributed by atoms with Gasteiger partial charge in [-0.25, -0.2) is 13.2 Å². The Hall–Kier alpha value is -3.99. The van der Waals surface area contributed by atoms with Gasteiger partial charge in [-0.3, -0.25) is 9.59 Å². The van der Waals surface area contributed by atoms with Gasteiger partial charge in [-0.1, -0.05) is 5.16 Å². The fourth-order valence-corrected chi connectivity index (χ4v) is 3.87. The first-order chi connectivity index (χ1) is 15.8. The van der Waals surface area contributed by atoms with Gasteiger partial charge in [0.1, 0.15) is 5.82 Å². The summed E-state index contributed by atoms with van der Waals surface area (Å²) < 4.78 is 51.6. The van der Waals surface area contributed by atoms with Crippen LogP contribution in [-0.4, -0.2) is 39.6 Å². The molecule has 0 bridgehead atoms. The molecule has 0 saturated carbocycles. The van der Waals surface area contributed by atoms with Gasteiger partial charge in [0.05, 0.1) is 24.6 Å². The van der Waals surface area contributed by atoms with E-state index in [0.717, 1.165) is 12.1 Å². The van der Waals surface area contributed by atoms with Crippen LogP contribution in [0.25, 0.3) is 22.2 Å². The number of benzene rings is 2. The monoisotopic (exact) mass is 456 g/mol. The molecule has 1 N–H and O–H groups in total. The lowest BCUT2D eigenvalue weighted by Crippen LogP contribution is -2.38. The lowest BCUT2D eigenvalue weighted by atomic mass is 9.95. The molecule has 4 aromatic rings. The molecule has 11 heteroatoms. The van der Waals surface area contributed by atoms with Crippen molar-refractivity contribution in [2.45, 2.75) is 12.6 Å². The number of rotatable bonds is 3. The summed E-state index contributed by atoms with van der Waals surface area (Å²) in [5.41, 5.74) is 0.628. The molecule has 2 aromatic heterocycles. The Bertz CT molecular complexity index is 1450. The number of aromatic nitrogens is 3. The molecule has 0 saturated heterocycles. The fourth-order valence-electron chi connectivity index (χ4n) is 3.87. The minimum absolute atomic E-state index is 0.0272. The van der Waals surface area contributed by atoms with Crippen LogP contribution in [0.3, 0.4) is 0 Å². The third-order valence-corrected chi connectivity index (χ3v) is 5.54. The third-order valence-electron chi connectivity index (χ3n) is 5.54. The Labute approximate surface area is 183 Å². The number of halogens is 3. The summed E-state index contributed by atoms with van der Waals surface area (Å²) in [7, 11) is 1.47. The molecule has 1 aliphatic rings. The average Bonchev–Trinajstić information content (AvgIpc) is 3.30. The highest BCUT2D eigenvalue weighted by molar-refractivity contribution is 5.92. The number of nitrogens with one attached hydrogen (secondary N) is 1. The van der Waals surface area contributed by atoms with Crippen molar-refractivity contribution in [3.63, 3.8) is 0 Å². The second-order valence-electron chi connectivity index (χ2n) is 7.54. The van der Waals surface area contributed by atoms with E-state index in [1.807, 2.05) is 0 Å². The lowest BCUT2D eigenvalue weighted by Gasteiger charge is -2.33. The predicted molar refractivity (Wildman–Crippen MR) is 109 cm³/mol. The molecular weight excluding hydrogens is 441 g/mol. The number of nitrogens with zero attached hydrogens (tertiary/aromatic N) is 3. The van der Waals surface area contributed by atoms with Crippen LogP contribution in [0.15, 0.2) is 45.7 Å². The van der Waals surface area contributed by atoms with E-state index in [2.05, 4.69) is 15.1 Å². The molecule has 2 aromatic carbocycles. The molecule has 0 spiro atoms. The number of carbonyl (C=O) groups excluding carboxylic acids is 1. The van der Waals surface area contributed by atoms with Crippen molar-refractivity contribution in [3.05, 3.63) is 81.3 Å². The van der Waals surface area contributed by atoms with Crippen molar-refractivity contribution >= 4 is 16.7 Å². The summed E-state index contributed by atoms with van der Waals surface area (Å²) in [6.07, 6.45) is 0. The standard InChI is InChI=1S/C22H15F3N4O4/c1-29(22(31)19-27-21(33-28-19)10-2-4-11(23)5-3-10)17-9-32-8-16-18(17)12-6-14(24)15(25)7-13(12)20(30)26-16/h2-7,17H,8-9H2,1H3,(H,26,30). The van der Waals surface area contributed by atoms with Gasteiger partial charge >= 0.3 is 0 Å². The summed E-state index contributed by atoms with van der Waals surface area (Å²) in [6, 6.07) is 6.32. The maximum atomic E-state index is 14.0. The number of ether oxygens (including phenoxy) is 1. The van der Waals surface area contributed by atoms with E-state index in [1.54, 1.807) is 0 Å². The number of H-pyrrole nitrogens is 1. The second kappa shape index (κ2) is 7.85. The summed E-state index contributed by atoms with van der Waals surface area (Å²) >= 11 is 0. The first kappa shape index (κ1) is 20.9. The van der Waals surface area contributed by atoms with Gasteiger partial charge in [0.15, 0.2) is 11.6 Å². The Morgan fingerprint density at radius 3 is 2.55 bits per heavy atom. The van der Waals surface area contributed by atoms with Crippen molar-refractivity contribution in [2.24, 2.45) is 0 Å². The summed E-state index contributed by atoms with van der Waals surface area (Å²) in [5, 5.41) is 3.85. The Kier molecular flexibility index (Phi) is 4.97. The minimum Gasteiger partial charge on any atom is -0.373 e. The Balaban J connectivity index is 1.53. The highest BCUT2D eigenvalue weighted by atomic mass is 19.2. The molecule has 0 radical (unpaired) electrons. The Morgan fingerprint density at radius 2 is 1.82 bits per heavy atom. The van der Waals surface area contributed by atoms with Gasteiger partial charge in [0.25, 0.3) is 23.2 Å². The van der Waals surface area contributed by atoms with E-state index >= 15 is 0 Å². The van der Waals surface area contributed by atoms with Gasteiger partial charge in [-0.15, -0.1) is 0 Å². The maximum absolute atomic E-state index is 14.0. The fraction of sp³-hybridized carbons (Fsp3) is 0.182. The van der Waals surface area contributed by atoms with E-state index in [-0.39, 0.29) is 35.7 Å². The van der Waals surface area contributed by atoms with Crippen LogP contribution in [0.2, 0.25) is 0 Å². The van der Waals surface area contributed by atoms with Crippen LogP contribution < -0.4 is 5.56 Å². The highest BCUT2D eigenvalue weighted by Gasteiger charge is 2.33. The van der Waals surface area contributed by atoms with E-state index in [1.165, 1.54) is 36.2 Å². The van der Waals surface area contributed by atoms with E-state index in [9.17, 15) is 22.8 Å². The minimum atomic E-state index is -1.15. The molecular formula is C22H15F3N4O4. The van der Waals surface area contributed by atoms with Crippen molar-refractivity contribution in [2.75, 3.05) is 13.7 Å². The largest absolute Gasteiger partial charge is 0.373 e. The lowest BCUT2D eigenvalue weighted by molar-refractivity contribution is 0.0327. The van der Waals surface area contributed by atoms with Crippen LogP contribution in [-0.2, 0) is 11.3 Å². The first-order valence-corrected chi connectivity index (χ1v) is 9.82. The Morgan fingerprint density at radius 1 is 1.12 bits per heavy atom. The van der Waals surface area contributed by atoms with Crippen LogP contribution in [0, 0.1) is 17.5 Å². The zero-order chi connectivity index (χ0) is 23.3. The smallest absolute Gasteiger partial charge is 0.295 e. The maximum Gasteiger partial charge on any atom is 0.295 e. The number of hydrogen-bond donors (Lipinski definition) is 1. The molecule has 0 aliphatic carbocycles. The number of hydrogen-bond acceptors (Lipinski definition) is 6. The predicted octanol–water partition coefficient (Wildman–Crippen LogP) is 3.34. The summed E-state index contributed by atoms with van der Waals surface area (Å²) in [6.45, 7) is 0.0764. The highest BCUT2D eigenvalue weighted by Crippen LogP contribution is 2.34. The topological polar surface area (TPSA) is 101 Å². The van der Waals surface area contributed by atoms with E-state index in [0.29, 0.717) is 16.8 Å². The molecule has 1 unspecified atom stereocenters. The van der Waals surface area contributed by atoms with E-state index < -0.39 is 35.0 Å². The number of carbonyl (C=O) groups is 1. The molecule has 0 fully saturated rings. The van der Waals surface area contributed by atoms with Crippen molar-refractivity contribution < 1.29 is 27.2 Å². The zero-order valence-corrected chi connectivity index (χ0v) is 17.1. The van der Waals surface area contributed by atoms with Gasteiger partial charge in [0, 0.05) is 23.9 Å². The summed E-state index contributed by atoms with van der Waals surface area (Å²) in [4.78, 5) is 33.4. The van der Waals surface area contributed by atoms with Gasteiger partial charge in [0.2, 0.25) is 0 Å². The second-order valence-corrected chi connectivity index (χ2v) is 7.54. The average molecular weight is 456 g/mol. The van der Waals surface area contributed by atoms with Crippen molar-refractivity contribution in [3.8, 4) is 11.5 Å². The van der Waals surface area contributed by atoms with Gasteiger partial charge in [-0.2, -0.15) is 4.98 Å². The van der Waals surface area contributed by atoms with E-state index in [4.69, 9.17) is 9.26 Å². The molecule has 1 atom stereocenters. The van der Waals surface area contributed by atoms with Crippen LogP contribution >= 0.6 is 0 Å². The zero-order valence-electron chi connectivity index (χ0n) is 17.1. The number of amides is 1. The summed E-state index contributed by atoms with van der Waals surface area (Å²) in [5.74, 6) is -3.56. The number of likely N-dealkylation sites (N-methyl/N-ethyl adjacent to an activating group) is 1. The molecule has 8 nitrogen and oxygen atoms in total. The van der Waals surface area contributed by atoms with Crippen LogP contribution in [0.1, 0.15) is 27.9 Å². The number of aromatic amines is 1. The van der Waals surface area contributed by atoms with Crippen molar-refractivity contribution in [1.29, 1.82) is 0 Å². The van der Waals surface area contributed by atoms with Gasteiger partial charge < -0.3 is 19.1 Å². The van der Waals surface area contributed by atoms with Crippen LogP contribution in [0.4, 0.5) is 13.2 Å². The quantitative estimate of drug-likeness (QED) is 0.508. The molecule has 1 aliphatic heterocycles. The molecule has 3 heterocycles. The van der Waals surface area contributed by atoms with Gasteiger partial charge in [-0.05, 0) is 41.8 Å². The SMILES string of the molecule is CN(C(=O)c1noc(-c2ccc(F)cc2)n1)C1COCc2[nH]c(=O)c3cc(F)c(F)cc3c21. The number of fused-ring (bicyclic) bond motifs is 3. The third kappa shape index (κ3) is 3.55.